The molecule has 1 heterocycles. The number of rotatable bonds is 2. The number of halogens is 1. The predicted octanol–water partition coefficient (Wildman–Crippen LogP) is 4.38. The molecule has 1 N–H and O–H groups in total. The zero-order valence-electron chi connectivity index (χ0n) is 14.5. The average molecular weight is 338 g/mol. The van der Waals surface area contributed by atoms with Gasteiger partial charge in [-0.3, -0.25) is 9.78 Å². The van der Waals surface area contributed by atoms with Gasteiger partial charge in [-0.2, -0.15) is 0 Å². The van der Waals surface area contributed by atoms with E-state index in [9.17, 15) is 9.18 Å². The van der Waals surface area contributed by atoms with Gasteiger partial charge >= 0.3 is 0 Å². The fourth-order valence-corrected chi connectivity index (χ4v) is 6.09. The summed E-state index contributed by atoms with van der Waals surface area (Å²) in [4.78, 5) is 17.6. The van der Waals surface area contributed by atoms with Gasteiger partial charge in [0, 0.05) is 16.6 Å². The van der Waals surface area contributed by atoms with Crippen molar-refractivity contribution < 1.29 is 9.18 Å². The molecule has 0 aliphatic heterocycles. The zero-order valence-corrected chi connectivity index (χ0v) is 14.5. The van der Waals surface area contributed by atoms with Gasteiger partial charge < -0.3 is 5.32 Å². The molecule has 4 aliphatic rings. The molecule has 4 aliphatic carbocycles. The van der Waals surface area contributed by atoms with Crippen molar-refractivity contribution in [3.8, 4) is 0 Å². The fourth-order valence-electron chi connectivity index (χ4n) is 6.09. The monoisotopic (exact) mass is 338 g/mol. The van der Waals surface area contributed by atoms with Gasteiger partial charge in [0.2, 0.25) is 0 Å². The Balaban J connectivity index is 1.51. The first-order valence-electron chi connectivity index (χ1n) is 9.39. The Bertz CT molecular complexity index is 840. The van der Waals surface area contributed by atoms with Crippen LogP contribution in [0.5, 0.6) is 0 Å². The van der Waals surface area contributed by atoms with Crippen LogP contribution >= 0.6 is 0 Å². The number of pyridine rings is 1. The lowest BCUT2D eigenvalue weighted by Crippen LogP contribution is -2.59. The number of benzene rings is 1. The van der Waals surface area contributed by atoms with Crippen LogP contribution in [0.1, 0.15) is 54.6 Å². The van der Waals surface area contributed by atoms with Crippen LogP contribution in [0.15, 0.2) is 24.3 Å². The van der Waals surface area contributed by atoms with E-state index in [0.29, 0.717) is 16.5 Å². The molecular formula is C21H23FN2O. The van der Waals surface area contributed by atoms with E-state index in [1.54, 1.807) is 12.1 Å². The molecule has 3 nitrogen and oxygen atoms in total. The van der Waals surface area contributed by atoms with Gasteiger partial charge in [-0.1, -0.05) is 0 Å². The largest absolute Gasteiger partial charge is 0.347 e. The maximum absolute atomic E-state index is 13.7. The zero-order chi connectivity index (χ0) is 17.2. The predicted molar refractivity (Wildman–Crippen MR) is 94.8 cm³/mol. The fraction of sp³-hybridized carbons (Fsp3) is 0.524. The highest BCUT2D eigenvalue weighted by Crippen LogP contribution is 2.55. The number of carbonyl (C=O) groups is 1. The number of hydrogen-bond donors (Lipinski definition) is 1. The standard InChI is InChI=1S/C21H23FN2O/c1-12-4-18(17-8-16(22)2-3-19(17)23-12)20(25)24-21-9-13-5-14(10-21)7-15(6-13)11-21/h2-4,8,13-15H,5-7,9-11H2,1H3,(H,24,25). The van der Waals surface area contributed by atoms with Gasteiger partial charge in [0.25, 0.3) is 5.91 Å². The molecule has 1 aromatic heterocycles. The van der Waals surface area contributed by atoms with E-state index in [-0.39, 0.29) is 17.3 Å². The SMILES string of the molecule is Cc1cc(C(=O)NC23CC4CC(CC(C4)C2)C3)c2cc(F)ccc2n1. The molecule has 4 bridgehead atoms. The van der Waals surface area contributed by atoms with Crippen LogP contribution in [0, 0.1) is 30.5 Å². The quantitative estimate of drug-likeness (QED) is 0.883. The second-order valence-electron chi connectivity index (χ2n) is 8.62. The highest BCUT2D eigenvalue weighted by molar-refractivity contribution is 6.06. The van der Waals surface area contributed by atoms with Crippen molar-refractivity contribution in [1.29, 1.82) is 0 Å². The van der Waals surface area contributed by atoms with Crippen molar-refractivity contribution >= 4 is 16.8 Å². The number of hydrogen-bond acceptors (Lipinski definition) is 2. The van der Waals surface area contributed by atoms with Crippen LogP contribution in [0.2, 0.25) is 0 Å². The maximum atomic E-state index is 13.7. The number of nitrogens with zero attached hydrogens (tertiary/aromatic N) is 1. The maximum Gasteiger partial charge on any atom is 0.252 e. The van der Waals surface area contributed by atoms with Crippen molar-refractivity contribution in [2.75, 3.05) is 0 Å². The van der Waals surface area contributed by atoms with Crippen molar-refractivity contribution in [3.63, 3.8) is 0 Å². The lowest BCUT2D eigenvalue weighted by molar-refractivity contribution is -0.0166. The van der Waals surface area contributed by atoms with Crippen LogP contribution in [0.4, 0.5) is 4.39 Å². The van der Waals surface area contributed by atoms with E-state index in [1.807, 2.05) is 6.92 Å². The molecule has 25 heavy (non-hydrogen) atoms. The third-order valence-corrected chi connectivity index (χ3v) is 6.56. The molecule has 0 atom stereocenters. The Morgan fingerprint density at radius 3 is 2.40 bits per heavy atom. The molecule has 0 unspecified atom stereocenters. The summed E-state index contributed by atoms with van der Waals surface area (Å²) >= 11 is 0. The van der Waals surface area contributed by atoms with E-state index in [2.05, 4.69) is 10.3 Å². The molecule has 130 valence electrons. The second-order valence-corrected chi connectivity index (χ2v) is 8.62. The lowest BCUT2D eigenvalue weighted by Gasteiger charge is -2.56. The first kappa shape index (κ1) is 15.3. The molecular weight excluding hydrogens is 315 g/mol. The van der Waals surface area contributed by atoms with E-state index in [4.69, 9.17) is 0 Å². The van der Waals surface area contributed by atoms with E-state index >= 15 is 0 Å². The Hall–Kier alpha value is -1.97. The highest BCUT2D eigenvalue weighted by Gasteiger charge is 2.51. The Morgan fingerprint density at radius 2 is 1.76 bits per heavy atom. The summed E-state index contributed by atoms with van der Waals surface area (Å²) in [5.74, 6) is 1.94. The summed E-state index contributed by atoms with van der Waals surface area (Å²) < 4.78 is 13.7. The van der Waals surface area contributed by atoms with Crippen molar-refractivity contribution in [2.24, 2.45) is 17.8 Å². The molecule has 4 heteroatoms. The Kier molecular flexibility index (Phi) is 3.22. The molecule has 6 rings (SSSR count). The topological polar surface area (TPSA) is 42.0 Å². The summed E-state index contributed by atoms with van der Waals surface area (Å²) in [5, 5.41) is 3.99. The first-order valence-corrected chi connectivity index (χ1v) is 9.39. The molecule has 0 radical (unpaired) electrons. The van der Waals surface area contributed by atoms with Gasteiger partial charge in [0.15, 0.2) is 0 Å². The molecule has 0 saturated heterocycles. The third kappa shape index (κ3) is 2.54. The number of nitrogens with one attached hydrogen (secondary N) is 1. The number of carbonyl (C=O) groups excluding carboxylic acids is 1. The van der Waals surface area contributed by atoms with Crippen LogP contribution < -0.4 is 5.32 Å². The van der Waals surface area contributed by atoms with Gasteiger partial charge in [0.05, 0.1) is 11.1 Å². The summed E-state index contributed by atoms with van der Waals surface area (Å²) in [6, 6.07) is 6.27. The molecule has 0 spiro atoms. The van der Waals surface area contributed by atoms with Crippen LogP contribution in [-0.4, -0.2) is 16.4 Å². The normalized spacial score (nSPS) is 33.0. The van der Waals surface area contributed by atoms with E-state index in [1.165, 1.54) is 31.4 Å². The van der Waals surface area contributed by atoms with Crippen molar-refractivity contribution in [1.82, 2.24) is 10.3 Å². The highest BCUT2D eigenvalue weighted by atomic mass is 19.1. The lowest BCUT2D eigenvalue weighted by atomic mass is 9.53. The van der Waals surface area contributed by atoms with Gasteiger partial charge in [0.1, 0.15) is 5.82 Å². The van der Waals surface area contributed by atoms with Crippen LogP contribution in [0.25, 0.3) is 10.9 Å². The summed E-state index contributed by atoms with van der Waals surface area (Å²) in [6.45, 7) is 1.88. The second kappa shape index (κ2) is 5.26. The third-order valence-electron chi connectivity index (χ3n) is 6.56. The molecule has 1 amide bonds. The van der Waals surface area contributed by atoms with E-state index < -0.39 is 0 Å². The Morgan fingerprint density at radius 1 is 1.12 bits per heavy atom. The molecule has 4 fully saturated rings. The molecule has 1 aromatic carbocycles. The van der Waals surface area contributed by atoms with Crippen molar-refractivity contribution in [3.05, 3.63) is 41.3 Å². The van der Waals surface area contributed by atoms with Crippen LogP contribution in [-0.2, 0) is 0 Å². The van der Waals surface area contributed by atoms with Gasteiger partial charge in [-0.15, -0.1) is 0 Å². The summed E-state index contributed by atoms with van der Waals surface area (Å²) in [7, 11) is 0. The van der Waals surface area contributed by atoms with Crippen molar-refractivity contribution in [2.45, 2.75) is 51.0 Å². The van der Waals surface area contributed by atoms with Gasteiger partial charge in [-0.05, 0) is 87.5 Å². The minimum absolute atomic E-state index is 0.0390. The number of amides is 1. The number of fused-ring (bicyclic) bond motifs is 1. The molecule has 2 aromatic rings. The summed E-state index contributed by atoms with van der Waals surface area (Å²) in [5.41, 5.74) is 1.98. The minimum Gasteiger partial charge on any atom is -0.347 e. The Labute approximate surface area is 147 Å². The van der Waals surface area contributed by atoms with Crippen LogP contribution in [0.3, 0.4) is 0 Å². The minimum atomic E-state index is -0.331. The molecule has 4 saturated carbocycles. The summed E-state index contributed by atoms with van der Waals surface area (Å²) in [6.07, 6.45) is 7.37. The average Bonchev–Trinajstić information content (AvgIpc) is 2.52. The number of aromatic nitrogens is 1. The smallest absolute Gasteiger partial charge is 0.252 e. The number of aryl methyl sites for hydroxylation is 1. The first-order chi connectivity index (χ1) is 12.0. The van der Waals surface area contributed by atoms with Gasteiger partial charge in [-0.25, -0.2) is 4.39 Å². The van der Waals surface area contributed by atoms with E-state index in [0.717, 1.165) is 42.7 Å².